The molecule has 56 heavy (non-hydrogen) atoms. The highest BCUT2D eigenvalue weighted by Crippen LogP contribution is 2.35. The predicted molar refractivity (Wildman–Crippen MR) is 234 cm³/mol. The van der Waals surface area contributed by atoms with Crippen LogP contribution < -0.4 is 20.7 Å². The molecule has 0 aliphatic heterocycles. The second-order valence-electron chi connectivity index (χ2n) is 14.0. The van der Waals surface area contributed by atoms with Gasteiger partial charge in [0.1, 0.15) is 0 Å². The van der Waals surface area contributed by atoms with Crippen molar-refractivity contribution in [2.45, 2.75) is 0 Å². The minimum absolute atomic E-state index is 0.588. The Morgan fingerprint density at radius 1 is 0.304 bits per heavy atom. The maximum atomic E-state index is 5.10. The standard InChI is InChI=1S/C51H36N4Si/c1-6-18-38(19-7-1)49-52-50(39-20-8-2-9-21-39)54-51(53-49)55-47-29-17-16-28-45(47)46-36-40(32-35-48(46)55)37-30-33-44(34-31-37)56(41-22-10-3-11-23-41,42-24-12-4-13-25-42)43-26-14-5-15-27-43/h1-36H. The van der Waals surface area contributed by atoms with Crippen LogP contribution in [0.1, 0.15) is 0 Å². The fraction of sp³-hybridized carbons (Fsp3) is 0. The van der Waals surface area contributed by atoms with Gasteiger partial charge in [0.05, 0.1) is 11.0 Å². The van der Waals surface area contributed by atoms with Gasteiger partial charge in [0.2, 0.25) is 5.95 Å². The summed E-state index contributed by atoms with van der Waals surface area (Å²) in [5, 5.41) is 7.73. The molecule has 264 valence electrons. The van der Waals surface area contributed by atoms with Gasteiger partial charge in [0.15, 0.2) is 19.7 Å². The Morgan fingerprint density at radius 2 is 0.714 bits per heavy atom. The topological polar surface area (TPSA) is 43.6 Å². The number of hydrogen-bond acceptors (Lipinski definition) is 3. The van der Waals surface area contributed by atoms with Gasteiger partial charge in [-0.3, -0.25) is 4.57 Å². The highest BCUT2D eigenvalue weighted by molar-refractivity contribution is 7.19. The van der Waals surface area contributed by atoms with E-state index in [2.05, 4.69) is 162 Å². The van der Waals surface area contributed by atoms with E-state index < -0.39 is 8.07 Å². The summed E-state index contributed by atoms with van der Waals surface area (Å²) in [6.07, 6.45) is 0. The van der Waals surface area contributed by atoms with Crippen LogP contribution in [0.25, 0.3) is 61.7 Å². The normalized spacial score (nSPS) is 11.6. The summed E-state index contributed by atoms with van der Waals surface area (Å²) >= 11 is 0. The van der Waals surface area contributed by atoms with E-state index in [-0.39, 0.29) is 0 Å². The molecule has 0 atom stereocenters. The van der Waals surface area contributed by atoms with Crippen molar-refractivity contribution in [2.75, 3.05) is 0 Å². The molecule has 8 aromatic carbocycles. The molecule has 0 unspecified atom stereocenters. The lowest BCUT2D eigenvalue weighted by Gasteiger charge is -2.34. The van der Waals surface area contributed by atoms with Gasteiger partial charge in [-0.05, 0) is 50.1 Å². The monoisotopic (exact) mass is 732 g/mol. The second kappa shape index (κ2) is 14.2. The zero-order chi connectivity index (χ0) is 37.3. The Kier molecular flexibility index (Phi) is 8.47. The number of fused-ring (bicyclic) bond motifs is 3. The average Bonchev–Trinajstić information content (AvgIpc) is 3.62. The number of benzene rings is 8. The van der Waals surface area contributed by atoms with Gasteiger partial charge in [0.25, 0.3) is 0 Å². The number of rotatable bonds is 8. The van der Waals surface area contributed by atoms with Crippen molar-refractivity contribution in [3.8, 4) is 39.9 Å². The van der Waals surface area contributed by atoms with Crippen LogP contribution in [-0.4, -0.2) is 27.6 Å². The summed E-state index contributed by atoms with van der Waals surface area (Å²) < 4.78 is 2.18. The van der Waals surface area contributed by atoms with Gasteiger partial charge in [-0.1, -0.05) is 200 Å². The minimum Gasteiger partial charge on any atom is -0.278 e. The SMILES string of the molecule is c1ccc(-c2nc(-c3ccccc3)nc(-n3c4ccccc4c4cc(-c5ccc([Si](c6ccccc6)(c6ccccc6)c6ccccc6)cc5)ccc43)n2)cc1. The van der Waals surface area contributed by atoms with Crippen LogP contribution in [0.5, 0.6) is 0 Å². The van der Waals surface area contributed by atoms with Gasteiger partial charge >= 0.3 is 0 Å². The molecule has 0 aliphatic rings. The zero-order valence-corrected chi connectivity index (χ0v) is 31.6. The average molecular weight is 733 g/mol. The molecule has 0 saturated heterocycles. The van der Waals surface area contributed by atoms with Crippen LogP contribution in [0.3, 0.4) is 0 Å². The van der Waals surface area contributed by atoms with Crippen molar-refractivity contribution in [3.05, 3.63) is 218 Å². The van der Waals surface area contributed by atoms with Crippen molar-refractivity contribution >= 4 is 50.6 Å². The Balaban J connectivity index is 1.12. The summed E-state index contributed by atoms with van der Waals surface area (Å²) in [4.78, 5) is 15.2. The Hall–Kier alpha value is -7.21. The van der Waals surface area contributed by atoms with E-state index in [1.165, 1.54) is 26.3 Å². The lowest BCUT2D eigenvalue weighted by Crippen LogP contribution is -2.74. The number of nitrogens with zero attached hydrogens (tertiary/aromatic N) is 4. The van der Waals surface area contributed by atoms with Crippen LogP contribution in [0, 0.1) is 0 Å². The molecule has 10 rings (SSSR count). The molecule has 4 nitrogen and oxygen atoms in total. The van der Waals surface area contributed by atoms with Crippen LogP contribution in [0.15, 0.2) is 218 Å². The van der Waals surface area contributed by atoms with Crippen molar-refractivity contribution in [2.24, 2.45) is 0 Å². The molecular formula is C51H36N4Si. The van der Waals surface area contributed by atoms with Crippen molar-refractivity contribution in [1.82, 2.24) is 19.5 Å². The molecule has 0 amide bonds. The van der Waals surface area contributed by atoms with E-state index in [1.807, 2.05) is 60.7 Å². The molecule has 10 aromatic rings. The van der Waals surface area contributed by atoms with E-state index in [9.17, 15) is 0 Å². The molecule has 0 fully saturated rings. The molecule has 2 heterocycles. The first-order chi connectivity index (χ1) is 27.8. The van der Waals surface area contributed by atoms with Crippen LogP contribution in [-0.2, 0) is 0 Å². The van der Waals surface area contributed by atoms with Crippen molar-refractivity contribution in [3.63, 3.8) is 0 Å². The molecule has 0 saturated carbocycles. The minimum atomic E-state index is -2.62. The number of aromatic nitrogens is 4. The summed E-state index contributed by atoms with van der Waals surface area (Å²) in [5.41, 5.74) is 6.30. The van der Waals surface area contributed by atoms with Crippen molar-refractivity contribution in [1.29, 1.82) is 0 Å². The Labute approximate surface area is 327 Å². The first kappa shape index (κ1) is 33.4. The van der Waals surface area contributed by atoms with Gasteiger partial charge in [-0.25, -0.2) is 4.98 Å². The maximum Gasteiger partial charge on any atom is 0.238 e. The van der Waals surface area contributed by atoms with Gasteiger partial charge in [-0.2, -0.15) is 9.97 Å². The van der Waals surface area contributed by atoms with Gasteiger partial charge in [-0.15, -0.1) is 0 Å². The third kappa shape index (κ3) is 5.73. The van der Waals surface area contributed by atoms with Crippen LogP contribution in [0.4, 0.5) is 0 Å². The lowest BCUT2D eigenvalue weighted by atomic mass is 10.0. The van der Waals surface area contributed by atoms with E-state index in [0.717, 1.165) is 38.5 Å². The fourth-order valence-corrected chi connectivity index (χ4v) is 13.0. The van der Waals surface area contributed by atoms with E-state index in [1.54, 1.807) is 0 Å². The molecule has 0 N–H and O–H groups in total. The predicted octanol–water partition coefficient (Wildman–Crippen LogP) is 9.35. The Morgan fingerprint density at radius 3 is 1.23 bits per heavy atom. The van der Waals surface area contributed by atoms with Gasteiger partial charge < -0.3 is 0 Å². The van der Waals surface area contributed by atoms with Crippen molar-refractivity contribution < 1.29 is 0 Å². The summed E-state index contributed by atoms with van der Waals surface area (Å²) in [6.45, 7) is 0. The number of hydrogen-bond donors (Lipinski definition) is 0. The molecule has 5 heteroatoms. The lowest BCUT2D eigenvalue weighted by molar-refractivity contribution is 0.953. The van der Waals surface area contributed by atoms with Crippen LogP contribution >= 0.6 is 0 Å². The maximum absolute atomic E-state index is 5.10. The fourth-order valence-electron chi connectivity index (χ4n) is 8.24. The first-order valence-corrected chi connectivity index (χ1v) is 21.0. The quantitative estimate of drug-likeness (QED) is 0.116. The van der Waals surface area contributed by atoms with E-state index in [4.69, 9.17) is 15.0 Å². The first-order valence-electron chi connectivity index (χ1n) is 19.0. The molecule has 0 radical (unpaired) electrons. The zero-order valence-electron chi connectivity index (χ0n) is 30.6. The third-order valence-electron chi connectivity index (χ3n) is 10.8. The van der Waals surface area contributed by atoms with E-state index >= 15 is 0 Å². The molecule has 2 aromatic heterocycles. The Bertz CT molecular complexity index is 2780. The summed E-state index contributed by atoms with van der Waals surface area (Å²) in [7, 11) is -2.62. The van der Waals surface area contributed by atoms with Crippen LogP contribution in [0.2, 0.25) is 0 Å². The van der Waals surface area contributed by atoms with Gasteiger partial charge in [0, 0.05) is 21.9 Å². The van der Waals surface area contributed by atoms with E-state index in [0.29, 0.717) is 17.6 Å². The largest absolute Gasteiger partial charge is 0.278 e. The molecule has 0 bridgehead atoms. The summed E-state index contributed by atoms with van der Waals surface area (Å²) in [6, 6.07) is 78.1. The second-order valence-corrected chi connectivity index (χ2v) is 17.8. The molecule has 0 aliphatic carbocycles. The molecular weight excluding hydrogens is 697 g/mol. The smallest absolute Gasteiger partial charge is 0.238 e. The third-order valence-corrected chi connectivity index (χ3v) is 15.6. The highest BCUT2D eigenvalue weighted by atomic mass is 28.3. The molecule has 0 spiro atoms. The highest BCUT2D eigenvalue weighted by Gasteiger charge is 2.41. The number of para-hydroxylation sites is 1. The summed E-state index contributed by atoms with van der Waals surface area (Å²) in [5.74, 6) is 1.86.